The van der Waals surface area contributed by atoms with Gasteiger partial charge < -0.3 is 0 Å². The molecule has 25 heavy (non-hydrogen) atoms. The van der Waals surface area contributed by atoms with Crippen LogP contribution in [0.4, 0.5) is 0 Å². The van der Waals surface area contributed by atoms with Crippen molar-refractivity contribution in [1.82, 2.24) is 0 Å². The van der Waals surface area contributed by atoms with Crippen molar-refractivity contribution in [3.8, 4) is 5.75 Å². The van der Waals surface area contributed by atoms with Gasteiger partial charge in [0.1, 0.15) is 0 Å². The van der Waals surface area contributed by atoms with Crippen molar-refractivity contribution in [2.24, 2.45) is 0 Å². The van der Waals surface area contributed by atoms with Crippen LogP contribution in [0, 0.1) is 0 Å². The van der Waals surface area contributed by atoms with E-state index in [-0.39, 0.29) is 26.5 Å². The maximum absolute atomic E-state index is 13.0. The van der Waals surface area contributed by atoms with Crippen LogP contribution in [0.1, 0.15) is 31.8 Å². The molecule has 4 rings (SSSR count). The molecule has 0 fully saturated rings. The Morgan fingerprint density at radius 2 is 1.36 bits per heavy atom. The number of hydrogen-bond donors (Lipinski definition) is 0. The Labute approximate surface area is 151 Å². The minimum absolute atomic E-state index is 0.0591. The molecule has 0 N–H and O–H groups in total. The second-order valence-electron chi connectivity index (χ2n) is 5.66. The molecule has 0 heterocycles. The Morgan fingerprint density at radius 1 is 0.720 bits per heavy atom. The standard InChI is InChI=1S/C21H14O3Se/c1-24-13-9-11-14(12-10-13)25-18-8-4-7-17-19(18)21(23)16-6-3-2-5-15(16)20(17)22/h2-12H,1H3. The summed E-state index contributed by atoms with van der Waals surface area (Å²) >= 11 is -0.0696. The third kappa shape index (κ3) is 2.70. The van der Waals surface area contributed by atoms with E-state index in [0.29, 0.717) is 22.3 Å². The summed E-state index contributed by atoms with van der Waals surface area (Å²) in [5.41, 5.74) is 2.06. The molecule has 0 radical (unpaired) electrons. The van der Waals surface area contributed by atoms with Gasteiger partial charge in [-0.05, 0) is 0 Å². The molecule has 0 saturated heterocycles. The Bertz CT molecular complexity index is 990. The van der Waals surface area contributed by atoms with Crippen LogP contribution in [0.5, 0.6) is 5.75 Å². The molecule has 0 saturated carbocycles. The van der Waals surface area contributed by atoms with E-state index < -0.39 is 0 Å². The van der Waals surface area contributed by atoms with Gasteiger partial charge in [-0.1, -0.05) is 0 Å². The number of fused-ring (bicyclic) bond motifs is 2. The van der Waals surface area contributed by atoms with E-state index >= 15 is 0 Å². The SMILES string of the molecule is COc1ccc([Se]c2cccc3c2C(=O)c2ccccc2C3=O)cc1. The average molecular weight is 393 g/mol. The van der Waals surface area contributed by atoms with Crippen molar-refractivity contribution in [2.45, 2.75) is 0 Å². The van der Waals surface area contributed by atoms with Crippen molar-refractivity contribution >= 4 is 35.4 Å². The minimum atomic E-state index is -0.0717. The zero-order chi connectivity index (χ0) is 17.4. The maximum atomic E-state index is 13.0. The molecule has 122 valence electrons. The fourth-order valence-corrected chi connectivity index (χ4v) is 5.02. The molecule has 1 aliphatic rings. The van der Waals surface area contributed by atoms with Crippen molar-refractivity contribution < 1.29 is 14.3 Å². The van der Waals surface area contributed by atoms with E-state index in [1.165, 1.54) is 0 Å². The molecule has 0 unspecified atom stereocenters. The number of rotatable bonds is 3. The number of carbonyl (C=O) groups excluding carboxylic acids is 2. The Kier molecular flexibility index (Phi) is 4.00. The second kappa shape index (κ2) is 6.32. The Hall–Kier alpha value is -2.68. The quantitative estimate of drug-likeness (QED) is 0.501. The number of ketones is 2. The third-order valence-electron chi connectivity index (χ3n) is 4.20. The molecular weight excluding hydrogens is 379 g/mol. The fraction of sp³-hybridized carbons (Fsp3) is 0.0476. The van der Waals surface area contributed by atoms with E-state index in [9.17, 15) is 9.59 Å². The Morgan fingerprint density at radius 3 is 2.04 bits per heavy atom. The Balaban J connectivity index is 1.79. The van der Waals surface area contributed by atoms with E-state index in [1.807, 2.05) is 36.4 Å². The molecule has 0 bridgehead atoms. The molecule has 0 aliphatic heterocycles. The monoisotopic (exact) mass is 394 g/mol. The molecule has 1 aliphatic carbocycles. The molecule has 0 atom stereocenters. The molecule has 0 spiro atoms. The van der Waals surface area contributed by atoms with Crippen LogP contribution in [0.3, 0.4) is 0 Å². The summed E-state index contributed by atoms with van der Waals surface area (Å²) in [5.74, 6) is 0.670. The first kappa shape index (κ1) is 15.8. The summed E-state index contributed by atoms with van der Waals surface area (Å²) < 4.78 is 7.25. The van der Waals surface area contributed by atoms with Crippen molar-refractivity contribution in [3.05, 3.63) is 89.0 Å². The van der Waals surface area contributed by atoms with Crippen molar-refractivity contribution in [2.75, 3.05) is 7.11 Å². The zero-order valence-electron chi connectivity index (χ0n) is 13.5. The summed E-state index contributed by atoms with van der Waals surface area (Å²) in [5, 5.41) is 0. The van der Waals surface area contributed by atoms with Gasteiger partial charge in [-0.15, -0.1) is 0 Å². The van der Waals surface area contributed by atoms with Gasteiger partial charge in [0.15, 0.2) is 0 Å². The molecular formula is C21H14O3Se. The molecule has 3 aromatic rings. The normalized spacial score (nSPS) is 12.5. The van der Waals surface area contributed by atoms with Crippen molar-refractivity contribution in [1.29, 1.82) is 0 Å². The van der Waals surface area contributed by atoms with Gasteiger partial charge in [0, 0.05) is 0 Å². The van der Waals surface area contributed by atoms with Gasteiger partial charge in [0.05, 0.1) is 0 Å². The average Bonchev–Trinajstić information content (AvgIpc) is 2.66. The number of carbonyl (C=O) groups is 2. The predicted octanol–water partition coefficient (Wildman–Crippen LogP) is 2.13. The molecule has 3 aromatic carbocycles. The van der Waals surface area contributed by atoms with Crippen LogP contribution in [0.15, 0.2) is 66.7 Å². The fourth-order valence-electron chi connectivity index (χ4n) is 2.97. The van der Waals surface area contributed by atoms with E-state index in [0.717, 1.165) is 14.7 Å². The first-order chi connectivity index (χ1) is 12.2. The zero-order valence-corrected chi connectivity index (χ0v) is 15.2. The second-order valence-corrected chi connectivity index (χ2v) is 8.00. The van der Waals surface area contributed by atoms with Crippen LogP contribution in [-0.2, 0) is 0 Å². The van der Waals surface area contributed by atoms with E-state index in [2.05, 4.69) is 0 Å². The number of benzene rings is 3. The predicted molar refractivity (Wildman–Crippen MR) is 97.8 cm³/mol. The number of hydrogen-bond acceptors (Lipinski definition) is 3. The molecule has 3 nitrogen and oxygen atoms in total. The summed E-state index contributed by atoms with van der Waals surface area (Å²) in [6.07, 6.45) is 0. The summed E-state index contributed by atoms with van der Waals surface area (Å²) in [4.78, 5) is 25.8. The van der Waals surface area contributed by atoms with E-state index in [1.54, 1.807) is 37.4 Å². The molecule has 4 heteroatoms. The van der Waals surface area contributed by atoms with Crippen LogP contribution >= 0.6 is 0 Å². The summed E-state index contributed by atoms with van der Waals surface area (Å²) in [6, 6.07) is 20.4. The van der Waals surface area contributed by atoms with Crippen LogP contribution in [0.25, 0.3) is 0 Å². The molecule has 0 aromatic heterocycles. The van der Waals surface area contributed by atoms with Crippen molar-refractivity contribution in [3.63, 3.8) is 0 Å². The topological polar surface area (TPSA) is 43.4 Å². The van der Waals surface area contributed by atoms with E-state index in [4.69, 9.17) is 4.74 Å². The van der Waals surface area contributed by atoms with Gasteiger partial charge in [-0.25, -0.2) is 0 Å². The first-order valence-corrected chi connectivity index (χ1v) is 9.53. The summed E-state index contributed by atoms with van der Waals surface area (Å²) in [7, 11) is 1.63. The van der Waals surface area contributed by atoms with Gasteiger partial charge in [0.25, 0.3) is 0 Å². The van der Waals surface area contributed by atoms with Crippen LogP contribution < -0.4 is 13.7 Å². The van der Waals surface area contributed by atoms with Gasteiger partial charge >= 0.3 is 152 Å². The first-order valence-electron chi connectivity index (χ1n) is 7.82. The van der Waals surface area contributed by atoms with Gasteiger partial charge in [-0.3, -0.25) is 0 Å². The third-order valence-corrected chi connectivity index (χ3v) is 6.44. The number of methoxy groups -OCH3 is 1. The van der Waals surface area contributed by atoms with Crippen LogP contribution in [-0.4, -0.2) is 33.6 Å². The van der Waals surface area contributed by atoms with Gasteiger partial charge in [-0.2, -0.15) is 0 Å². The number of ether oxygens (including phenoxy) is 1. The molecule has 0 amide bonds. The summed E-state index contributed by atoms with van der Waals surface area (Å²) in [6.45, 7) is 0. The van der Waals surface area contributed by atoms with Gasteiger partial charge in [0.2, 0.25) is 0 Å². The van der Waals surface area contributed by atoms with Crippen LogP contribution in [0.2, 0.25) is 0 Å².